The number of hydrogen-bond acceptors (Lipinski definition) is 2. The lowest BCUT2D eigenvalue weighted by molar-refractivity contribution is -0.141. The van der Waals surface area contributed by atoms with Crippen LogP contribution in [0.1, 0.15) is 26.2 Å². The van der Waals surface area contributed by atoms with Crippen LogP contribution >= 0.6 is 0 Å². The Morgan fingerprint density at radius 1 is 1.47 bits per heavy atom. The van der Waals surface area contributed by atoms with E-state index in [1.807, 2.05) is 0 Å². The molecule has 0 aromatic heterocycles. The lowest BCUT2D eigenvalue weighted by Crippen LogP contribution is -2.32. The summed E-state index contributed by atoms with van der Waals surface area (Å²) in [5, 5.41) is 11.4. The van der Waals surface area contributed by atoms with Crippen molar-refractivity contribution in [3.05, 3.63) is 0 Å². The molecule has 15 heavy (non-hydrogen) atoms. The Balaban J connectivity index is 1.67. The van der Waals surface area contributed by atoms with Crippen molar-refractivity contribution >= 4 is 11.9 Å². The van der Waals surface area contributed by atoms with Gasteiger partial charge in [0.2, 0.25) is 5.91 Å². The van der Waals surface area contributed by atoms with Crippen LogP contribution in [0.4, 0.5) is 0 Å². The van der Waals surface area contributed by atoms with Crippen molar-refractivity contribution in [1.82, 2.24) is 5.32 Å². The smallest absolute Gasteiger partial charge is 0.308 e. The number of carboxylic acid groups (broad SMARTS) is 1. The summed E-state index contributed by atoms with van der Waals surface area (Å²) in [5.41, 5.74) is 0. The maximum atomic E-state index is 11.6. The van der Waals surface area contributed by atoms with Gasteiger partial charge in [-0.3, -0.25) is 9.59 Å². The van der Waals surface area contributed by atoms with Gasteiger partial charge in [-0.1, -0.05) is 6.92 Å². The van der Waals surface area contributed by atoms with E-state index in [0.29, 0.717) is 5.92 Å². The Morgan fingerprint density at radius 2 is 2.13 bits per heavy atom. The molecule has 1 amide bonds. The minimum Gasteiger partial charge on any atom is -0.481 e. The van der Waals surface area contributed by atoms with E-state index in [-0.39, 0.29) is 18.4 Å². The highest BCUT2D eigenvalue weighted by Gasteiger charge is 2.50. The third-order valence-corrected chi connectivity index (χ3v) is 3.41. The van der Waals surface area contributed by atoms with Crippen molar-refractivity contribution in [2.45, 2.75) is 26.2 Å². The number of carboxylic acids is 1. The molecule has 4 nitrogen and oxygen atoms in total. The molecule has 2 aliphatic carbocycles. The Kier molecular flexibility index (Phi) is 2.67. The summed E-state index contributed by atoms with van der Waals surface area (Å²) in [5.74, 6) is 0.276. The van der Waals surface area contributed by atoms with E-state index in [9.17, 15) is 9.59 Å². The van der Waals surface area contributed by atoms with Gasteiger partial charge in [0.25, 0.3) is 0 Å². The van der Waals surface area contributed by atoms with Gasteiger partial charge in [0.15, 0.2) is 0 Å². The largest absolute Gasteiger partial charge is 0.481 e. The molecule has 0 aromatic carbocycles. The van der Waals surface area contributed by atoms with Crippen LogP contribution in [-0.2, 0) is 9.59 Å². The Morgan fingerprint density at radius 3 is 2.67 bits per heavy atom. The molecule has 0 aromatic rings. The highest BCUT2D eigenvalue weighted by Crippen LogP contribution is 2.54. The van der Waals surface area contributed by atoms with Gasteiger partial charge in [-0.05, 0) is 31.1 Å². The first kappa shape index (κ1) is 10.5. The molecule has 2 fully saturated rings. The molecule has 0 aliphatic heterocycles. The summed E-state index contributed by atoms with van der Waals surface area (Å²) in [4.78, 5) is 22.1. The fraction of sp³-hybridized carbons (Fsp3) is 0.818. The summed E-state index contributed by atoms with van der Waals surface area (Å²) in [6, 6.07) is 0. The predicted molar refractivity (Wildman–Crippen MR) is 54.1 cm³/mol. The van der Waals surface area contributed by atoms with Crippen molar-refractivity contribution in [3.8, 4) is 0 Å². The number of carbonyl (C=O) groups is 2. The van der Waals surface area contributed by atoms with E-state index in [4.69, 9.17) is 5.11 Å². The third-order valence-electron chi connectivity index (χ3n) is 3.41. The fourth-order valence-corrected chi connectivity index (χ4v) is 2.03. The normalized spacial score (nSPS) is 30.7. The highest BCUT2D eigenvalue weighted by molar-refractivity contribution is 5.82. The minimum atomic E-state index is -0.857. The van der Waals surface area contributed by atoms with E-state index in [1.165, 1.54) is 12.8 Å². The third kappa shape index (κ3) is 2.49. The van der Waals surface area contributed by atoms with Crippen molar-refractivity contribution in [2.75, 3.05) is 6.54 Å². The molecule has 84 valence electrons. The van der Waals surface area contributed by atoms with Crippen LogP contribution in [-0.4, -0.2) is 23.5 Å². The molecule has 0 saturated heterocycles. The van der Waals surface area contributed by atoms with Crippen LogP contribution in [0.5, 0.6) is 0 Å². The van der Waals surface area contributed by atoms with E-state index in [1.54, 1.807) is 6.92 Å². The first-order chi connectivity index (χ1) is 7.09. The molecule has 0 spiro atoms. The summed E-state index contributed by atoms with van der Waals surface area (Å²) in [7, 11) is 0. The van der Waals surface area contributed by atoms with E-state index in [0.717, 1.165) is 12.3 Å². The molecule has 3 atom stereocenters. The second-order valence-electron chi connectivity index (χ2n) is 4.83. The molecule has 4 heteroatoms. The van der Waals surface area contributed by atoms with E-state index < -0.39 is 11.9 Å². The first-order valence-corrected chi connectivity index (χ1v) is 5.60. The Labute approximate surface area is 89.0 Å². The van der Waals surface area contributed by atoms with Crippen LogP contribution < -0.4 is 5.32 Å². The number of amides is 1. The van der Waals surface area contributed by atoms with Crippen LogP contribution in [0.25, 0.3) is 0 Å². The average Bonchev–Trinajstić information content (AvgIpc) is 3.02. The van der Waals surface area contributed by atoms with Crippen LogP contribution in [0.2, 0.25) is 0 Å². The molecule has 2 aliphatic rings. The zero-order valence-corrected chi connectivity index (χ0v) is 8.90. The molecule has 0 heterocycles. The highest BCUT2D eigenvalue weighted by atomic mass is 16.4. The second-order valence-corrected chi connectivity index (χ2v) is 4.83. The van der Waals surface area contributed by atoms with Crippen molar-refractivity contribution in [1.29, 1.82) is 0 Å². The SMILES string of the molecule is CC(CNC(=O)C1CC1C1CC1)C(=O)O. The van der Waals surface area contributed by atoms with Gasteiger partial charge < -0.3 is 10.4 Å². The summed E-state index contributed by atoms with van der Waals surface area (Å²) < 4.78 is 0. The van der Waals surface area contributed by atoms with Crippen molar-refractivity contribution in [3.63, 3.8) is 0 Å². The van der Waals surface area contributed by atoms with Crippen molar-refractivity contribution < 1.29 is 14.7 Å². The number of nitrogens with one attached hydrogen (secondary N) is 1. The molecule has 2 rings (SSSR count). The molecule has 0 radical (unpaired) electrons. The van der Waals surface area contributed by atoms with E-state index >= 15 is 0 Å². The molecule has 0 bridgehead atoms. The quantitative estimate of drug-likeness (QED) is 0.709. The minimum absolute atomic E-state index is 0.0556. The van der Waals surface area contributed by atoms with Gasteiger partial charge in [0.1, 0.15) is 0 Å². The number of hydrogen-bond donors (Lipinski definition) is 2. The monoisotopic (exact) mass is 211 g/mol. The lowest BCUT2D eigenvalue weighted by atomic mass is 10.1. The Bertz CT molecular complexity index is 286. The molecular weight excluding hydrogens is 194 g/mol. The second kappa shape index (κ2) is 3.83. The van der Waals surface area contributed by atoms with Crippen LogP contribution in [0.3, 0.4) is 0 Å². The van der Waals surface area contributed by atoms with Gasteiger partial charge in [-0.2, -0.15) is 0 Å². The number of aliphatic carboxylic acids is 1. The van der Waals surface area contributed by atoms with Crippen LogP contribution in [0, 0.1) is 23.7 Å². The summed E-state index contributed by atoms with van der Waals surface area (Å²) >= 11 is 0. The average molecular weight is 211 g/mol. The first-order valence-electron chi connectivity index (χ1n) is 5.60. The summed E-state index contributed by atoms with van der Waals surface area (Å²) in [6.07, 6.45) is 3.57. The fourth-order valence-electron chi connectivity index (χ4n) is 2.03. The van der Waals surface area contributed by atoms with E-state index in [2.05, 4.69) is 5.32 Å². The van der Waals surface area contributed by atoms with Gasteiger partial charge >= 0.3 is 5.97 Å². The molecule has 3 unspecified atom stereocenters. The maximum absolute atomic E-state index is 11.6. The molecule has 2 N–H and O–H groups in total. The van der Waals surface area contributed by atoms with Gasteiger partial charge in [-0.25, -0.2) is 0 Å². The zero-order chi connectivity index (χ0) is 11.0. The predicted octanol–water partition coefficient (Wildman–Crippen LogP) is 0.869. The lowest BCUT2D eigenvalue weighted by Gasteiger charge is -2.07. The standard InChI is InChI=1S/C11H17NO3/c1-6(11(14)15)5-12-10(13)9-4-8(9)7-2-3-7/h6-9H,2-5H2,1H3,(H,12,13)(H,14,15). The molecular formula is C11H17NO3. The summed E-state index contributed by atoms with van der Waals surface area (Å²) in [6.45, 7) is 1.86. The Hall–Kier alpha value is -1.06. The topological polar surface area (TPSA) is 66.4 Å². The van der Waals surface area contributed by atoms with Gasteiger partial charge in [0.05, 0.1) is 5.92 Å². The number of carbonyl (C=O) groups excluding carboxylic acids is 1. The van der Waals surface area contributed by atoms with Crippen molar-refractivity contribution in [2.24, 2.45) is 23.7 Å². The maximum Gasteiger partial charge on any atom is 0.308 e. The van der Waals surface area contributed by atoms with Crippen LogP contribution in [0.15, 0.2) is 0 Å². The van der Waals surface area contributed by atoms with Gasteiger partial charge in [-0.15, -0.1) is 0 Å². The zero-order valence-electron chi connectivity index (χ0n) is 8.90. The van der Waals surface area contributed by atoms with Gasteiger partial charge in [0, 0.05) is 12.5 Å². The molecule has 2 saturated carbocycles. The number of rotatable bonds is 5.